The van der Waals surface area contributed by atoms with Gasteiger partial charge < -0.3 is 19.9 Å². The van der Waals surface area contributed by atoms with Crippen molar-refractivity contribution in [2.45, 2.75) is 19.4 Å². The lowest BCUT2D eigenvalue weighted by Crippen LogP contribution is -2.45. The number of ether oxygens (including phenoxy) is 1. The number of halogens is 1. The van der Waals surface area contributed by atoms with E-state index in [4.69, 9.17) is 16.3 Å². The second-order valence-electron chi connectivity index (χ2n) is 6.57. The zero-order chi connectivity index (χ0) is 19.6. The van der Waals surface area contributed by atoms with E-state index in [1.54, 1.807) is 24.0 Å². The van der Waals surface area contributed by atoms with Crippen molar-refractivity contribution in [3.05, 3.63) is 47.5 Å². The number of nitrogens with zero attached hydrogens (tertiary/aromatic N) is 2. The topological polar surface area (TPSA) is 61.9 Å². The number of carbonyl (C=O) groups is 2. The number of nitrogens with one attached hydrogen (secondary N) is 1. The van der Waals surface area contributed by atoms with Crippen LogP contribution in [0.5, 0.6) is 5.75 Å². The Morgan fingerprint density at radius 3 is 2.74 bits per heavy atom. The first-order valence-corrected chi connectivity index (χ1v) is 9.08. The molecule has 0 aliphatic carbocycles. The van der Waals surface area contributed by atoms with Gasteiger partial charge in [0.1, 0.15) is 5.75 Å². The summed E-state index contributed by atoms with van der Waals surface area (Å²) < 4.78 is 5.62. The first-order valence-electron chi connectivity index (χ1n) is 8.70. The minimum atomic E-state index is -0.573. The number of benzene rings is 2. The average Bonchev–Trinajstić information content (AvgIpc) is 2.62. The molecule has 3 rings (SSSR count). The van der Waals surface area contributed by atoms with E-state index in [2.05, 4.69) is 5.32 Å². The summed E-state index contributed by atoms with van der Waals surface area (Å²) in [4.78, 5) is 28.5. The van der Waals surface area contributed by atoms with E-state index in [0.29, 0.717) is 22.1 Å². The summed E-state index contributed by atoms with van der Waals surface area (Å²) in [6.45, 7) is 1.98. The van der Waals surface area contributed by atoms with Crippen LogP contribution in [-0.4, -0.2) is 38.6 Å². The van der Waals surface area contributed by atoms with Crippen LogP contribution in [0, 0.1) is 0 Å². The van der Waals surface area contributed by atoms with Crippen LogP contribution in [-0.2, 0) is 9.59 Å². The zero-order valence-corrected chi connectivity index (χ0v) is 16.3. The fourth-order valence-corrected chi connectivity index (χ4v) is 3.19. The van der Waals surface area contributed by atoms with Crippen molar-refractivity contribution < 1.29 is 14.3 Å². The standard InChI is InChI=1S/C20H22ClN3O3/c1-13-20(26)24(17-6-4-5-7-18(17)27-13)11-10-19(25)22-15-12-14(21)8-9-16(15)23(2)3/h4-9,12-13H,10-11H2,1-3H3,(H,22,25). The molecule has 6 nitrogen and oxygen atoms in total. The van der Waals surface area contributed by atoms with Gasteiger partial charge in [0, 0.05) is 32.1 Å². The number of hydrogen-bond acceptors (Lipinski definition) is 4. The molecule has 2 amide bonds. The largest absolute Gasteiger partial charge is 0.479 e. The highest BCUT2D eigenvalue weighted by Crippen LogP contribution is 2.34. The number of rotatable bonds is 5. The van der Waals surface area contributed by atoms with Gasteiger partial charge in [-0.05, 0) is 37.3 Å². The molecule has 142 valence electrons. The zero-order valence-electron chi connectivity index (χ0n) is 15.5. The molecular weight excluding hydrogens is 366 g/mol. The minimum absolute atomic E-state index is 0.154. The van der Waals surface area contributed by atoms with Crippen molar-refractivity contribution in [1.29, 1.82) is 0 Å². The molecule has 1 aliphatic rings. The Hall–Kier alpha value is -2.73. The molecular formula is C20H22ClN3O3. The van der Waals surface area contributed by atoms with E-state index in [9.17, 15) is 9.59 Å². The maximum absolute atomic E-state index is 12.5. The van der Waals surface area contributed by atoms with E-state index >= 15 is 0 Å². The van der Waals surface area contributed by atoms with Gasteiger partial charge in [-0.1, -0.05) is 23.7 Å². The van der Waals surface area contributed by atoms with Crippen LogP contribution in [0.25, 0.3) is 0 Å². The van der Waals surface area contributed by atoms with Crippen LogP contribution in [0.4, 0.5) is 17.1 Å². The van der Waals surface area contributed by atoms with Crippen LogP contribution >= 0.6 is 11.6 Å². The highest BCUT2D eigenvalue weighted by Gasteiger charge is 2.31. The number of fused-ring (bicyclic) bond motifs is 1. The van der Waals surface area contributed by atoms with Crippen molar-refractivity contribution in [2.75, 3.05) is 35.8 Å². The van der Waals surface area contributed by atoms with Crippen molar-refractivity contribution in [3.8, 4) is 5.75 Å². The van der Waals surface area contributed by atoms with Crippen LogP contribution in [0.3, 0.4) is 0 Å². The van der Waals surface area contributed by atoms with Crippen molar-refractivity contribution in [2.24, 2.45) is 0 Å². The Bertz CT molecular complexity index is 869. The third kappa shape index (κ3) is 4.17. The summed E-state index contributed by atoms with van der Waals surface area (Å²) in [5, 5.41) is 3.43. The van der Waals surface area contributed by atoms with Gasteiger partial charge >= 0.3 is 0 Å². The smallest absolute Gasteiger partial charge is 0.267 e. The van der Waals surface area contributed by atoms with Crippen LogP contribution in [0.15, 0.2) is 42.5 Å². The molecule has 2 aromatic carbocycles. The van der Waals surface area contributed by atoms with Gasteiger partial charge in [0.05, 0.1) is 17.1 Å². The molecule has 1 aliphatic heterocycles. The number of para-hydroxylation sites is 2. The fourth-order valence-electron chi connectivity index (χ4n) is 3.01. The van der Waals surface area contributed by atoms with E-state index in [-0.39, 0.29) is 24.8 Å². The van der Waals surface area contributed by atoms with Crippen molar-refractivity contribution in [1.82, 2.24) is 0 Å². The molecule has 0 saturated heterocycles. The Labute approximate surface area is 163 Å². The van der Waals surface area contributed by atoms with Gasteiger partial charge in [-0.15, -0.1) is 0 Å². The molecule has 0 fully saturated rings. The van der Waals surface area contributed by atoms with Gasteiger partial charge in [-0.25, -0.2) is 0 Å². The van der Waals surface area contributed by atoms with E-state index in [0.717, 1.165) is 5.69 Å². The second-order valence-corrected chi connectivity index (χ2v) is 7.01. The first-order chi connectivity index (χ1) is 12.9. The van der Waals surface area contributed by atoms with Crippen LogP contribution in [0.2, 0.25) is 5.02 Å². The predicted molar refractivity (Wildman–Crippen MR) is 108 cm³/mol. The third-order valence-corrected chi connectivity index (χ3v) is 4.59. The van der Waals surface area contributed by atoms with Gasteiger partial charge in [0.2, 0.25) is 5.91 Å². The van der Waals surface area contributed by atoms with Gasteiger partial charge in [-0.3, -0.25) is 9.59 Å². The highest BCUT2D eigenvalue weighted by atomic mass is 35.5. The molecule has 0 aromatic heterocycles. The summed E-state index contributed by atoms with van der Waals surface area (Å²) in [5.74, 6) is 0.303. The highest BCUT2D eigenvalue weighted by molar-refractivity contribution is 6.31. The summed E-state index contributed by atoms with van der Waals surface area (Å²) in [5.41, 5.74) is 2.18. The molecule has 27 heavy (non-hydrogen) atoms. The lowest BCUT2D eigenvalue weighted by atomic mass is 10.1. The van der Waals surface area contributed by atoms with Gasteiger partial charge in [-0.2, -0.15) is 0 Å². The van der Waals surface area contributed by atoms with Crippen molar-refractivity contribution in [3.63, 3.8) is 0 Å². The maximum Gasteiger partial charge on any atom is 0.267 e. The summed E-state index contributed by atoms with van der Waals surface area (Å²) in [7, 11) is 3.78. The average molecular weight is 388 g/mol. The second kappa shape index (κ2) is 7.88. The predicted octanol–water partition coefficient (Wildman–Crippen LogP) is 3.55. The minimum Gasteiger partial charge on any atom is -0.479 e. The third-order valence-electron chi connectivity index (χ3n) is 4.35. The quantitative estimate of drug-likeness (QED) is 0.852. The lowest BCUT2D eigenvalue weighted by molar-refractivity contribution is -0.125. The molecule has 1 N–H and O–H groups in total. The van der Waals surface area contributed by atoms with Crippen molar-refractivity contribution >= 4 is 40.5 Å². The summed E-state index contributed by atoms with van der Waals surface area (Å²) in [6.07, 6.45) is -0.414. The van der Waals surface area contributed by atoms with Crippen LogP contribution < -0.4 is 19.9 Å². The normalized spacial score (nSPS) is 15.8. The Kier molecular flexibility index (Phi) is 5.56. The maximum atomic E-state index is 12.5. The molecule has 1 unspecified atom stereocenters. The Morgan fingerprint density at radius 1 is 1.26 bits per heavy atom. The molecule has 1 atom stereocenters. The van der Waals surface area contributed by atoms with Crippen LogP contribution in [0.1, 0.15) is 13.3 Å². The molecule has 2 aromatic rings. The lowest BCUT2D eigenvalue weighted by Gasteiger charge is -2.32. The molecule has 0 radical (unpaired) electrons. The molecule has 1 heterocycles. The molecule has 7 heteroatoms. The molecule has 0 spiro atoms. The monoisotopic (exact) mass is 387 g/mol. The van der Waals surface area contributed by atoms with E-state index in [1.807, 2.05) is 49.3 Å². The SMILES string of the molecule is CC1Oc2ccccc2N(CCC(=O)Nc2cc(Cl)ccc2N(C)C)C1=O. The number of carbonyl (C=O) groups excluding carboxylic acids is 2. The van der Waals surface area contributed by atoms with E-state index in [1.165, 1.54) is 0 Å². The Balaban J connectivity index is 1.71. The first kappa shape index (κ1) is 19.0. The number of amides is 2. The van der Waals surface area contributed by atoms with E-state index < -0.39 is 6.10 Å². The van der Waals surface area contributed by atoms with Gasteiger partial charge in [0.15, 0.2) is 6.10 Å². The summed E-state index contributed by atoms with van der Waals surface area (Å²) >= 11 is 6.06. The fraction of sp³-hybridized carbons (Fsp3) is 0.300. The summed E-state index contributed by atoms with van der Waals surface area (Å²) in [6, 6.07) is 12.7. The molecule has 0 bridgehead atoms. The molecule has 0 saturated carbocycles. The number of hydrogen-bond donors (Lipinski definition) is 1. The number of anilines is 3. The Morgan fingerprint density at radius 2 is 2.00 bits per heavy atom. The van der Waals surface area contributed by atoms with Gasteiger partial charge in [0.25, 0.3) is 5.91 Å².